The highest BCUT2D eigenvalue weighted by atomic mass is 15.2. The Morgan fingerprint density at radius 2 is 2.00 bits per heavy atom. The van der Waals surface area contributed by atoms with Gasteiger partial charge in [0.25, 0.3) is 0 Å². The van der Waals surface area contributed by atoms with Crippen LogP contribution in [0.2, 0.25) is 0 Å². The van der Waals surface area contributed by atoms with Gasteiger partial charge in [0.15, 0.2) is 7.98 Å². The highest BCUT2D eigenvalue weighted by molar-refractivity contribution is 6.04. The fourth-order valence-electron chi connectivity index (χ4n) is 2.03. The molecule has 2 nitrogen and oxygen atoms in total. The molecular weight excluding hydrogens is 183 g/mol. The van der Waals surface area contributed by atoms with Crippen LogP contribution in [0, 0.1) is 0 Å². The van der Waals surface area contributed by atoms with Crippen molar-refractivity contribution in [3.8, 4) is 0 Å². The predicted octanol–water partition coefficient (Wildman–Crippen LogP) is 1.28. The summed E-state index contributed by atoms with van der Waals surface area (Å²) in [5.74, 6) is 0. The lowest BCUT2D eigenvalue weighted by molar-refractivity contribution is 0.140. The van der Waals surface area contributed by atoms with Crippen molar-refractivity contribution < 1.29 is 0 Å². The highest BCUT2D eigenvalue weighted by Gasteiger charge is 2.19. The molecule has 0 aliphatic carbocycles. The van der Waals surface area contributed by atoms with Crippen molar-refractivity contribution in [2.75, 3.05) is 19.6 Å². The molecule has 15 heavy (non-hydrogen) atoms. The average molecular weight is 200 g/mol. The molecule has 0 aromatic heterocycles. The Kier molecular flexibility index (Phi) is 3.44. The van der Waals surface area contributed by atoms with Crippen LogP contribution >= 0.6 is 0 Å². The molecule has 1 aromatic carbocycles. The maximum atomic E-state index is 5.84. The summed E-state index contributed by atoms with van der Waals surface area (Å²) < 4.78 is 0. The summed E-state index contributed by atoms with van der Waals surface area (Å²) in [6, 6.07) is 11.1. The molecule has 0 saturated carbocycles. The van der Waals surface area contributed by atoms with Gasteiger partial charge in [0, 0.05) is 25.7 Å². The summed E-state index contributed by atoms with van der Waals surface area (Å²) in [6.45, 7) is 6.31. The van der Waals surface area contributed by atoms with Crippen LogP contribution in [0.4, 0.5) is 0 Å². The van der Waals surface area contributed by atoms with Gasteiger partial charge < -0.3 is 4.81 Å². The molecule has 2 rings (SSSR count). The molecule has 0 bridgehead atoms. The summed E-state index contributed by atoms with van der Waals surface area (Å²) in [5, 5.41) is 0. The standard InChI is InChI=1S/C12H17BN2/c1-11-9-14(7-8-15(11)13)10-12-5-3-2-4-6-12/h2-6,11H,7-10H2,1H3. The van der Waals surface area contributed by atoms with Crippen molar-refractivity contribution in [1.82, 2.24) is 9.71 Å². The first-order chi connectivity index (χ1) is 7.25. The molecule has 78 valence electrons. The van der Waals surface area contributed by atoms with E-state index in [1.807, 2.05) is 4.81 Å². The Hall–Kier alpha value is -0.795. The van der Waals surface area contributed by atoms with Crippen molar-refractivity contribution in [3.63, 3.8) is 0 Å². The smallest absolute Gasteiger partial charge is 0.182 e. The van der Waals surface area contributed by atoms with Crippen molar-refractivity contribution in [2.24, 2.45) is 0 Å². The van der Waals surface area contributed by atoms with Crippen LogP contribution in [0.5, 0.6) is 0 Å². The summed E-state index contributed by atoms with van der Waals surface area (Å²) in [4.78, 5) is 4.39. The lowest BCUT2D eigenvalue weighted by atomic mass is 10.1. The monoisotopic (exact) mass is 200 g/mol. The Balaban J connectivity index is 1.91. The van der Waals surface area contributed by atoms with Gasteiger partial charge in [-0.1, -0.05) is 30.3 Å². The quantitative estimate of drug-likeness (QED) is 0.663. The number of hydrogen-bond acceptors (Lipinski definition) is 2. The molecule has 1 aliphatic heterocycles. The van der Waals surface area contributed by atoms with E-state index in [9.17, 15) is 0 Å². The fourth-order valence-corrected chi connectivity index (χ4v) is 2.03. The predicted molar refractivity (Wildman–Crippen MR) is 63.6 cm³/mol. The Morgan fingerprint density at radius 3 is 2.67 bits per heavy atom. The second kappa shape index (κ2) is 4.82. The minimum Gasteiger partial charge on any atom is -0.349 e. The third-order valence-electron chi connectivity index (χ3n) is 3.01. The van der Waals surface area contributed by atoms with Crippen LogP contribution in [-0.4, -0.2) is 43.4 Å². The van der Waals surface area contributed by atoms with E-state index in [1.54, 1.807) is 0 Å². The van der Waals surface area contributed by atoms with E-state index >= 15 is 0 Å². The van der Waals surface area contributed by atoms with Crippen LogP contribution in [0.3, 0.4) is 0 Å². The zero-order valence-electron chi connectivity index (χ0n) is 9.26. The molecule has 1 fully saturated rings. The van der Waals surface area contributed by atoms with Crippen molar-refractivity contribution in [2.45, 2.75) is 19.5 Å². The molecule has 1 aromatic rings. The maximum Gasteiger partial charge on any atom is 0.182 e. The SMILES string of the molecule is [B]N1CCN(Cc2ccccc2)CC1C. The van der Waals surface area contributed by atoms with E-state index in [2.05, 4.69) is 42.2 Å². The van der Waals surface area contributed by atoms with Gasteiger partial charge in [0.05, 0.1) is 0 Å². The summed E-state index contributed by atoms with van der Waals surface area (Å²) >= 11 is 0. The van der Waals surface area contributed by atoms with E-state index in [1.165, 1.54) is 5.56 Å². The van der Waals surface area contributed by atoms with Crippen LogP contribution in [0.25, 0.3) is 0 Å². The van der Waals surface area contributed by atoms with Gasteiger partial charge >= 0.3 is 0 Å². The number of benzene rings is 1. The first kappa shape index (κ1) is 10.7. The van der Waals surface area contributed by atoms with Gasteiger partial charge in [0.1, 0.15) is 0 Å². The van der Waals surface area contributed by atoms with Crippen LogP contribution in [0.15, 0.2) is 30.3 Å². The number of nitrogens with zero attached hydrogens (tertiary/aromatic N) is 2. The molecule has 1 atom stereocenters. The number of piperazine rings is 1. The van der Waals surface area contributed by atoms with Gasteiger partial charge in [-0.05, 0) is 19.0 Å². The molecule has 1 saturated heterocycles. The zero-order chi connectivity index (χ0) is 10.7. The Morgan fingerprint density at radius 1 is 1.27 bits per heavy atom. The second-order valence-electron chi connectivity index (χ2n) is 4.31. The van der Waals surface area contributed by atoms with E-state index in [0.29, 0.717) is 6.04 Å². The van der Waals surface area contributed by atoms with Gasteiger partial charge in [-0.15, -0.1) is 0 Å². The minimum atomic E-state index is 0.461. The Bertz CT molecular complexity index is 302. The summed E-state index contributed by atoms with van der Waals surface area (Å²) in [5.41, 5.74) is 1.38. The molecule has 0 N–H and O–H groups in total. The largest absolute Gasteiger partial charge is 0.349 e. The maximum absolute atomic E-state index is 5.84. The second-order valence-corrected chi connectivity index (χ2v) is 4.31. The Labute approximate surface area is 93.3 Å². The lowest BCUT2D eigenvalue weighted by Crippen LogP contribution is -2.50. The third-order valence-corrected chi connectivity index (χ3v) is 3.01. The molecule has 0 spiro atoms. The molecule has 1 heterocycles. The lowest BCUT2D eigenvalue weighted by Gasteiger charge is -2.38. The zero-order valence-corrected chi connectivity index (χ0v) is 9.26. The van der Waals surface area contributed by atoms with E-state index in [-0.39, 0.29) is 0 Å². The molecule has 2 radical (unpaired) electrons. The third kappa shape index (κ3) is 2.83. The normalized spacial score (nSPS) is 24.2. The number of rotatable bonds is 2. The van der Waals surface area contributed by atoms with E-state index in [0.717, 1.165) is 26.2 Å². The van der Waals surface area contributed by atoms with Crippen molar-refractivity contribution >= 4 is 7.98 Å². The first-order valence-electron chi connectivity index (χ1n) is 5.53. The topological polar surface area (TPSA) is 6.48 Å². The van der Waals surface area contributed by atoms with Crippen molar-refractivity contribution in [1.29, 1.82) is 0 Å². The summed E-state index contributed by atoms with van der Waals surface area (Å²) in [7, 11) is 5.84. The fraction of sp³-hybridized carbons (Fsp3) is 0.500. The van der Waals surface area contributed by atoms with E-state index in [4.69, 9.17) is 7.98 Å². The molecular formula is C12H17BN2. The van der Waals surface area contributed by atoms with E-state index < -0.39 is 0 Å². The first-order valence-corrected chi connectivity index (χ1v) is 5.53. The average Bonchev–Trinajstić information content (AvgIpc) is 2.25. The van der Waals surface area contributed by atoms with Crippen LogP contribution < -0.4 is 0 Å². The van der Waals surface area contributed by atoms with Gasteiger partial charge in [0.2, 0.25) is 0 Å². The van der Waals surface area contributed by atoms with Gasteiger partial charge in [-0.3, -0.25) is 4.90 Å². The molecule has 1 unspecified atom stereocenters. The minimum absolute atomic E-state index is 0.461. The molecule has 3 heteroatoms. The highest BCUT2D eigenvalue weighted by Crippen LogP contribution is 2.10. The van der Waals surface area contributed by atoms with Gasteiger partial charge in [-0.25, -0.2) is 0 Å². The summed E-state index contributed by atoms with van der Waals surface area (Å²) in [6.07, 6.45) is 0. The van der Waals surface area contributed by atoms with Gasteiger partial charge in [-0.2, -0.15) is 0 Å². The molecule has 1 aliphatic rings. The van der Waals surface area contributed by atoms with Crippen molar-refractivity contribution in [3.05, 3.63) is 35.9 Å². The number of hydrogen-bond donors (Lipinski definition) is 0. The molecule has 0 amide bonds. The van der Waals surface area contributed by atoms with Crippen LogP contribution in [-0.2, 0) is 6.54 Å². The van der Waals surface area contributed by atoms with Crippen LogP contribution in [0.1, 0.15) is 12.5 Å².